The molecule has 0 spiro atoms. The maximum atomic E-state index is 4.64. The van der Waals surface area contributed by atoms with Crippen LogP contribution in [-0.2, 0) is 0 Å². The van der Waals surface area contributed by atoms with Crippen molar-refractivity contribution in [3.8, 4) is 0 Å². The summed E-state index contributed by atoms with van der Waals surface area (Å²) in [5.41, 5.74) is 0. The fourth-order valence-corrected chi connectivity index (χ4v) is 1.91. The summed E-state index contributed by atoms with van der Waals surface area (Å²) >= 11 is 0. The summed E-state index contributed by atoms with van der Waals surface area (Å²) in [5, 5.41) is 6.79. The van der Waals surface area contributed by atoms with Crippen LogP contribution in [0.5, 0.6) is 0 Å². The van der Waals surface area contributed by atoms with Gasteiger partial charge in [0.25, 0.3) is 0 Å². The van der Waals surface area contributed by atoms with E-state index in [2.05, 4.69) is 41.4 Å². The summed E-state index contributed by atoms with van der Waals surface area (Å²) in [7, 11) is 0. The molecule has 2 rings (SSSR count). The standard InChI is InChI=1S/C15H26N4/c1-4-8-16-13-10-14(17-9-7-11(2)3)19-15(18-13)12-5-6-12/h10-12H,4-9H2,1-3H3,(H2,16,17,18,19). The minimum absolute atomic E-state index is 0.592. The smallest absolute Gasteiger partial charge is 0.136 e. The van der Waals surface area contributed by atoms with E-state index in [1.165, 1.54) is 19.3 Å². The van der Waals surface area contributed by atoms with Gasteiger partial charge in [-0.2, -0.15) is 0 Å². The predicted molar refractivity (Wildman–Crippen MR) is 80.7 cm³/mol. The highest BCUT2D eigenvalue weighted by Gasteiger charge is 2.27. The van der Waals surface area contributed by atoms with Gasteiger partial charge in [0.2, 0.25) is 0 Å². The van der Waals surface area contributed by atoms with Crippen molar-refractivity contribution in [3.05, 3.63) is 11.9 Å². The molecule has 0 amide bonds. The van der Waals surface area contributed by atoms with E-state index in [0.29, 0.717) is 5.92 Å². The fraction of sp³-hybridized carbons (Fsp3) is 0.733. The molecule has 4 heteroatoms. The topological polar surface area (TPSA) is 49.8 Å². The molecule has 19 heavy (non-hydrogen) atoms. The van der Waals surface area contributed by atoms with Gasteiger partial charge in [-0.25, -0.2) is 9.97 Å². The average Bonchev–Trinajstić information content (AvgIpc) is 3.20. The largest absolute Gasteiger partial charge is 0.370 e. The second-order valence-electron chi connectivity index (χ2n) is 5.81. The van der Waals surface area contributed by atoms with E-state index < -0.39 is 0 Å². The van der Waals surface area contributed by atoms with Crippen molar-refractivity contribution in [1.82, 2.24) is 9.97 Å². The third-order valence-corrected chi connectivity index (χ3v) is 3.27. The molecule has 106 valence electrons. The highest BCUT2D eigenvalue weighted by atomic mass is 15.1. The van der Waals surface area contributed by atoms with Crippen molar-refractivity contribution in [2.75, 3.05) is 23.7 Å². The summed E-state index contributed by atoms with van der Waals surface area (Å²) < 4.78 is 0. The molecule has 0 aromatic carbocycles. The third kappa shape index (κ3) is 4.69. The predicted octanol–water partition coefficient (Wildman–Crippen LogP) is 3.63. The first-order valence-electron chi connectivity index (χ1n) is 7.55. The molecule has 0 unspecified atom stereocenters. The first-order valence-corrected chi connectivity index (χ1v) is 7.55. The van der Waals surface area contributed by atoms with Gasteiger partial charge in [0.15, 0.2) is 0 Å². The average molecular weight is 262 g/mol. The minimum atomic E-state index is 0.592. The van der Waals surface area contributed by atoms with E-state index in [1.54, 1.807) is 0 Å². The molecule has 1 aromatic rings. The molecule has 1 aromatic heterocycles. The van der Waals surface area contributed by atoms with Crippen LogP contribution in [0.2, 0.25) is 0 Å². The van der Waals surface area contributed by atoms with Crippen LogP contribution in [-0.4, -0.2) is 23.1 Å². The Kier molecular flexibility index (Phi) is 5.00. The highest BCUT2D eigenvalue weighted by molar-refractivity contribution is 5.48. The molecule has 4 nitrogen and oxygen atoms in total. The molecule has 1 fully saturated rings. The minimum Gasteiger partial charge on any atom is -0.370 e. The second-order valence-corrected chi connectivity index (χ2v) is 5.81. The molecule has 2 N–H and O–H groups in total. The highest BCUT2D eigenvalue weighted by Crippen LogP contribution is 2.38. The number of nitrogens with one attached hydrogen (secondary N) is 2. The van der Waals surface area contributed by atoms with E-state index in [0.717, 1.165) is 42.9 Å². The van der Waals surface area contributed by atoms with E-state index in [9.17, 15) is 0 Å². The van der Waals surface area contributed by atoms with Gasteiger partial charge in [-0.3, -0.25) is 0 Å². The molecule has 0 saturated heterocycles. The Bertz CT molecular complexity index is 399. The van der Waals surface area contributed by atoms with Crippen LogP contribution in [0, 0.1) is 5.92 Å². The molecular formula is C15H26N4. The first kappa shape index (κ1) is 14.1. The quantitative estimate of drug-likeness (QED) is 0.751. The summed E-state index contributed by atoms with van der Waals surface area (Å²) in [6.07, 6.45) is 4.75. The van der Waals surface area contributed by atoms with Gasteiger partial charge < -0.3 is 10.6 Å². The summed E-state index contributed by atoms with van der Waals surface area (Å²) in [6.45, 7) is 8.59. The van der Waals surface area contributed by atoms with Crippen molar-refractivity contribution in [2.24, 2.45) is 5.92 Å². The molecule has 1 aliphatic carbocycles. The Morgan fingerprint density at radius 1 is 1.16 bits per heavy atom. The van der Waals surface area contributed by atoms with Gasteiger partial charge in [0.05, 0.1) is 0 Å². The Labute approximate surface area is 116 Å². The normalized spacial score (nSPS) is 14.7. The molecule has 1 saturated carbocycles. The number of anilines is 2. The zero-order chi connectivity index (χ0) is 13.7. The maximum Gasteiger partial charge on any atom is 0.136 e. The summed E-state index contributed by atoms with van der Waals surface area (Å²) in [5.74, 6) is 4.25. The van der Waals surface area contributed by atoms with Crippen molar-refractivity contribution in [2.45, 2.75) is 52.4 Å². The van der Waals surface area contributed by atoms with Crippen LogP contribution in [0.25, 0.3) is 0 Å². The maximum absolute atomic E-state index is 4.64. The van der Waals surface area contributed by atoms with Crippen molar-refractivity contribution < 1.29 is 0 Å². The molecule has 0 aliphatic heterocycles. The third-order valence-electron chi connectivity index (χ3n) is 3.27. The molecule has 0 radical (unpaired) electrons. The van der Waals surface area contributed by atoms with E-state index >= 15 is 0 Å². The number of rotatable bonds is 8. The Morgan fingerprint density at radius 3 is 2.32 bits per heavy atom. The summed E-state index contributed by atoms with van der Waals surface area (Å²) in [4.78, 5) is 9.25. The number of nitrogens with zero attached hydrogens (tertiary/aromatic N) is 2. The number of aromatic nitrogens is 2. The van der Waals surface area contributed by atoms with Gasteiger partial charge in [-0.05, 0) is 31.6 Å². The van der Waals surface area contributed by atoms with Crippen LogP contribution in [0.3, 0.4) is 0 Å². The summed E-state index contributed by atoms with van der Waals surface area (Å²) in [6, 6.07) is 2.03. The van der Waals surface area contributed by atoms with Gasteiger partial charge in [0.1, 0.15) is 17.5 Å². The Morgan fingerprint density at radius 2 is 1.79 bits per heavy atom. The van der Waals surface area contributed by atoms with Crippen molar-refractivity contribution in [3.63, 3.8) is 0 Å². The molecule has 0 bridgehead atoms. The van der Waals surface area contributed by atoms with Crippen LogP contribution < -0.4 is 10.6 Å². The van der Waals surface area contributed by atoms with Gasteiger partial charge in [0, 0.05) is 25.1 Å². The van der Waals surface area contributed by atoms with Gasteiger partial charge in [-0.1, -0.05) is 20.8 Å². The van der Waals surface area contributed by atoms with Crippen LogP contribution in [0.4, 0.5) is 11.6 Å². The SMILES string of the molecule is CCCNc1cc(NCCC(C)C)nc(C2CC2)n1. The van der Waals surface area contributed by atoms with Gasteiger partial charge in [-0.15, -0.1) is 0 Å². The first-order chi connectivity index (χ1) is 9.19. The lowest BCUT2D eigenvalue weighted by Gasteiger charge is -2.11. The number of hydrogen-bond donors (Lipinski definition) is 2. The Balaban J connectivity index is 2.01. The van der Waals surface area contributed by atoms with Crippen molar-refractivity contribution in [1.29, 1.82) is 0 Å². The molecule has 0 atom stereocenters. The van der Waals surface area contributed by atoms with Gasteiger partial charge >= 0.3 is 0 Å². The Hall–Kier alpha value is -1.32. The fourth-order valence-electron chi connectivity index (χ4n) is 1.91. The van der Waals surface area contributed by atoms with E-state index in [4.69, 9.17) is 0 Å². The lowest BCUT2D eigenvalue weighted by molar-refractivity contribution is 0.606. The second kappa shape index (κ2) is 6.73. The zero-order valence-electron chi connectivity index (χ0n) is 12.4. The van der Waals surface area contributed by atoms with E-state index in [-0.39, 0.29) is 0 Å². The van der Waals surface area contributed by atoms with E-state index in [1.807, 2.05) is 6.07 Å². The zero-order valence-corrected chi connectivity index (χ0v) is 12.4. The monoisotopic (exact) mass is 262 g/mol. The van der Waals surface area contributed by atoms with Crippen molar-refractivity contribution >= 4 is 11.6 Å². The number of hydrogen-bond acceptors (Lipinski definition) is 4. The lowest BCUT2D eigenvalue weighted by Crippen LogP contribution is -2.10. The molecular weight excluding hydrogens is 236 g/mol. The van der Waals surface area contributed by atoms with Crippen LogP contribution in [0.1, 0.15) is 58.2 Å². The molecule has 1 aliphatic rings. The van der Waals surface area contributed by atoms with Crippen LogP contribution in [0.15, 0.2) is 6.07 Å². The molecule has 1 heterocycles. The lowest BCUT2D eigenvalue weighted by atomic mass is 10.1. The van der Waals surface area contributed by atoms with Crippen LogP contribution >= 0.6 is 0 Å².